The first kappa shape index (κ1) is 12.5. The van der Waals surface area contributed by atoms with Crippen LogP contribution in [0.4, 0.5) is 11.4 Å². The van der Waals surface area contributed by atoms with Gasteiger partial charge in [-0.05, 0) is 18.6 Å². The van der Waals surface area contributed by atoms with Crippen LogP contribution >= 0.6 is 0 Å². The van der Waals surface area contributed by atoms with Gasteiger partial charge in [0.1, 0.15) is 5.75 Å². The molecule has 98 valence electrons. The van der Waals surface area contributed by atoms with Crippen LogP contribution in [0.2, 0.25) is 0 Å². The number of carbonyl (C=O) groups is 1. The van der Waals surface area contributed by atoms with E-state index in [1.807, 2.05) is 25.2 Å². The predicted molar refractivity (Wildman–Crippen MR) is 71.7 cm³/mol. The topological polar surface area (TPSA) is 67.6 Å². The van der Waals surface area contributed by atoms with Crippen LogP contribution in [0.1, 0.15) is 12.8 Å². The van der Waals surface area contributed by atoms with Crippen LogP contribution in [-0.4, -0.2) is 37.6 Å². The Hall–Kier alpha value is -1.91. The predicted octanol–water partition coefficient (Wildman–Crippen LogP) is 1.31. The number of methoxy groups -OCH3 is 1. The second-order valence-electron chi connectivity index (χ2n) is 4.58. The Morgan fingerprint density at radius 2 is 2.28 bits per heavy atom. The summed E-state index contributed by atoms with van der Waals surface area (Å²) in [6.07, 6.45) is 1.41. The molecule has 5 nitrogen and oxygen atoms in total. The quantitative estimate of drug-likeness (QED) is 0.793. The number of carbonyl (C=O) groups excluding carboxylic acids is 1. The number of nitrogen functional groups attached to an aromatic ring is 1. The minimum Gasteiger partial charge on any atom is -0.495 e. The average molecular weight is 249 g/mol. The maximum absolute atomic E-state index is 11.4. The van der Waals surface area contributed by atoms with E-state index in [0.717, 1.165) is 12.1 Å². The maximum Gasteiger partial charge on any atom is 0.222 e. The molecule has 1 atom stereocenters. The molecule has 5 heteroatoms. The van der Waals surface area contributed by atoms with Crippen molar-refractivity contribution >= 4 is 17.3 Å². The van der Waals surface area contributed by atoms with E-state index in [-0.39, 0.29) is 11.9 Å². The number of nitrogens with one attached hydrogen (secondary N) is 1. The van der Waals surface area contributed by atoms with Crippen LogP contribution in [0.25, 0.3) is 0 Å². The molecule has 1 saturated heterocycles. The van der Waals surface area contributed by atoms with Crippen molar-refractivity contribution in [1.82, 2.24) is 4.90 Å². The Morgan fingerprint density at radius 1 is 1.50 bits per heavy atom. The van der Waals surface area contributed by atoms with Gasteiger partial charge in [-0.3, -0.25) is 4.79 Å². The third-order valence-electron chi connectivity index (χ3n) is 3.27. The first-order valence-electron chi connectivity index (χ1n) is 6.04. The molecule has 0 spiro atoms. The number of likely N-dealkylation sites (N-methyl/N-ethyl adjacent to an activating group) is 1. The zero-order valence-corrected chi connectivity index (χ0v) is 10.8. The number of benzene rings is 1. The smallest absolute Gasteiger partial charge is 0.222 e. The van der Waals surface area contributed by atoms with Gasteiger partial charge in [-0.25, -0.2) is 0 Å². The van der Waals surface area contributed by atoms with Crippen LogP contribution in [0.5, 0.6) is 5.75 Å². The molecule has 0 aromatic heterocycles. The fourth-order valence-corrected chi connectivity index (χ4v) is 2.20. The van der Waals surface area contributed by atoms with Gasteiger partial charge in [-0.1, -0.05) is 6.07 Å². The first-order valence-corrected chi connectivity index (χ1v) is 6.04. The molecule has 0 saturated carbocycles. The second-order valence-corrected chi connectivity index (χ2v) is 4.58. The molecular weight excluding hydrogens is 230 g/mol. The van der Waals surface area contributed by atoms with E-state index < -0.39 is 0 Å². The number of rotatable bonds is 3. The number of hydrogen-bond acceptors (Lipinski definition) is 4. The van der Waals surface area contributed by atoms with Crippen molar-refractivity contribution in [3.05, 3.63) is 18.2 Å². The zero-order valence-electron chi connectivity index (χ0n) is 10.8. The van der Waals surface area contributed by atoms with Gasteiger partial charge in [0.05, 0.1) is 18.5 Å². The number of likely N-dealkylation sites (tertiary alicyclic amines) is 1. The van der Waals surface area contributed by atoms with Gasteiger partial charge in [0, 0.05) is 26.1 Å². The monoisotopic (exact) mass is 249 g/mol. The molecule has 2 rings (SSSR count). The highest BCUT2D eigenvalue weighted by Gasteiger charge is 2.23. The van der Waals surface area contributed by atoms with Gasteiger partial charge in [0.15, 0.2) is 0 Å². The number of ether oxygens (including phenoxy) is 1. The van der Waals surface area contributed by atoms with Crippen molar-refractivity contribution in [1.29, 1.82) is 0 Å². The van der Waals surface area contributed by atoms with Gasteiger partial charge < -0.3 is 20.7 Å². The number of nitrogens with zero attached hydrogens (tertiary/aromatic N) is 1. The molecule has 18 heavy (non-hydrogen) atoms. The van der Waals surface area contributed by atoms with Gasteiger partial charge in [-0.15, -0.1) is 0 Å². The summed E-state index contributed by atoms with van der Waals surface area (Å²) >= 11 is 0. The fourth-order valence-electron chi connectivity index (χ4n) is 2.20. The number of hydrogen-bond donors (Lipinski definition) is 2. The number of para-hydroxylation sites is 1. The molecule has 1 aliphatic heterocycles. The highest BCUT2D eigenvalue weighted by Crippen LogP contribution is 2.30. The molecule has 1 fully saturated rings. The molecule has 1 amide bonds. The lowest BCUT2D eigenvalue weighted by Crippen LogP contribution is -2.43. The van der Waals surface area contributed by atoms with E-state index in [9.17, 15) is 4.79 Å². The molecule has 1 aliphatic rings. The lowest BCUT2D eigenvalue weighted by molar-refractivity contribution is -0.132. The van der Waals surface area contributed by atoms with Crippen LogP contribution < -0.4 is 15.8 Å². The van der Waals surface area contributed by atoms with E-state index in [0.29, 0.717) is 24.4 Å². The molecule has 3 N–H and O–H groups in total. The van der Waals surface area contributed by atoms with Crippen molar-refractivity contribution in [2.45, 2.75) is 18.9 Å². The van der Waals surface area contributed by atoms with Gasteiger partial charge in [0.2, 0.25) is 5.91 Å². The Kier molecular flexibility index (Phi) is 3.60. The normalized spacial score (nSPS) is 19.8. The van der Waals surface area contributed by atoms with Crippen LogP contribution in [0.3, 0.4) is 0 Å². The number of piperidine rings is 1. The highest BCUT2D eigenvalue weighted by atomic mass is 16.5. The molecule has 0 aliphatic carbocycles. The minimum atomic E-state index is 0.201. The minimum absolute atomic E-state index is 0.201. The number of nitrogens with two attached hydrogens (primary N) is 1. The Balaban J connectivity index is 2.08. The van der Waals surface area contributed by atoms with Gasteiger partial charge in [-0.2, -0.15) is 0 Å². The van der Waals surface area contributed by atoms with E-state index in [1.165, 1.54) is 0 Å². The largest absolute Gasteiger partial charge is 0.495 e. The van der Waals surface area contributed by atoms with Crippen LogP contribution in [0.15, 0.2) is 18.2 Å². The fraction of sp³-hybridized carbons (Fsp3) is 0.462. The lowest BCUT2D eigenvalue weighted by atomic mass is 10.1. The lowest BCUT2D eigenvalue weighted by Gasteiger charge is -2.31. The Labute approximate surface area is 107 Å². The van der Waals surface area contributed by atoms with Gasteiger partial charge >= 0.3 is 0 Å². The summed E-state index contributed by atoms with van der Waals surface area (Å²) in [5, 5.41) is 3.38. The summed E-state index contributed by atoms with van der Waals surface area (Å²) in [7, 11) is 3.42. The third-order valence-corrected chi connectivity index (χ3v) is 3.27. The van der Waals surface area contributed by atoms with Gasteiger partial charge in [0.25, 0.3) is 0 Å². The standard InChI is InChI=1S/C13H19N3O2/c1-16-8-9(6-7-12(16)17)15-10-4-3-5-11(18-2)13(10)14/h3-5,9,15H,6-8,14H2,1-2H3. The molecule has 0 bridgehead atoms. The molecule has 1 unspecified atom stereocenters. The SMILES string of the molecule is COc1cccc(NC2CCC(=O)N(C)C2)c1N. The molecule has 1 aromatic carbocycles. The molecule has 0 radical (unpaired) electrons. The van der Waals surface area contributed by atoms with E-state index in [2.05, 4.69) is 5.32 Å². The molecular formula is C13H19N3O2. The third kappa shape index (κ3) is 2.50. The zero-order chi connectivity index (χ0) is 13.1. The molecule has 1 heterocycles. The summed E-state index contributed by atoms with van der Waals surface area (Å²) in [4.78, 5) is 13.2. The van der Waals surface area contributed by atoms with Crippen molar-refractivity contribution in [2.24, 2.45) is 0 Å². The number of anilines is 2. The highest BCUT2D eigenvalue weighted by molar-refractivity contribution is 5.77. The summed E-state index contributed by atoms with van der Waals surface area (Å²) in [5.74, 6) is 0.868. The van der Waals surface area contributed by atoms with Crippen LogP contribution in [0, 0.1) is 0 Å². The Bertz CT molecular complexity index is 448. The van der Waals surface area contributed by atoms with Crippen molar-refractivity contribution < 1.29 is 9.53 Å². The van der Waals surface area contributed by atoms with Crippen molar-refractivity contribution in [3.8, 4) is 5.75 Å². The second kappa shape index (κ2) is 5.16. The Morgan fingerprint density at radius 3 is 2.94 bits per heavy atom. The summed E-state index contributed by atoms with van der Waals surface area (Å²) in [6, 6.07) is 5.89. The van der Waals surface area contributed by atoms with Crippen LogP contribution in [-0.2, 0) is 4.79 Å². The summed E-state index contributed by atoms with van der Waals surface area (Å²) in [5.41, 5.74) is 7.48. The maximum atomic E-state index is 11.4. The number of amides is 1. The molecule has 1 aromatic rings. The van der Waals surface area contributed by atoms with Crippen molar-refractivity contribution in [3.63, 3.8) is 0 Å². The summed E-state index contributed by atoms with van der Waals surface area (Å²) in [6.45, 7) is 0.704. The van der Waals surface area contributed by atoms with E-state index in [1.54, 1.807) is 12.0 Å². The van der Waals surface area contributed by atoms with E-state index in [4.69, 9.17) is 10.5 Å². The summed E-state index contributed by atoms with van der Waals surface area (Å²) < 4.78 is 5.18. The van der Waals surface area contributed by atoms with Crippen molar-refractivity contribution in [2.75, 3.05) is 31.8 Å². The average Bonchev–Trinajstić information content (AvgIpc) is 2.36. The first-order chi connectivity index (χ1) is 8.61. The van der Waals surface area contributed by atoms with E-state index >= 15 is 0 Å².